The topological polar surface area (TPSA) is 58.6 Å². The first kappa shape index (κ1) is 13.2. The van der Waals surface area contributed by atoms with Crippen LogP contribution < -0.4 is 5.32 Å². The van der Waals surface area contributed by atoms with Crippen LogP contribution in [-0.2, 0) is 11.3 Å². The number of amides is 1. The molecule has 1 aromatic carbocycles. The van der Waals surface area contributed by atoms with Gasteiger partial charge in [-0.25, -0.2) is 4.79 Å². The van der Waals surface area contributed by atoms with Crippen molar-refractivity contribution in [2.24, 2.45) is 0 Å². The average Bonchev–Trinajstić information content (AvgIpc) is 2.26. The van der Waals surface area contributed by atoms with Gasteiger partial charge in [-0.15, -0.1) is 0 Å². The number of carbonyl (C=O) groups is 1. The lowest BCUT2D eigenvalue weighted by molar-refractivity contribution is 0.0872. The highest BCUT2D eigenvalue weighted by molar-refractivity contribution is 14.1. The van der Waals surface area contributed by atoms with Gasteiger partial charge in [-0.2, -0.15) is 0 Å². The molecule has 16 heavy (non-hydrogen) atoms. The van der Waals surface area contributed by atoms with Crippen LogP contribution in [0, 0.1) is 0 Å². The van der Waals surface area contributed by atoms with E-state index in [0.717, 1.165) is 5.56 Å². The van der Waals surface area contributed by atoms with Crippen molar-refractivity contribution in [1.29, 1.82) is 0 Å². The molecule has 0 saturated heterocycles. The Morgan fingerprint density at radius 3 is 2.69 bits per heavy atom. The van der Waals surface area contributed by atoms with Gasteiger partial charge in [0.1, 0.15) is 4.11 Å². The Balaban J connectivity index is 2.35. The van der Waals surface area contributed by atoms with E-state index >= 15 is 0 Å². The summed E-state index contributed by atoms with van der Waals surface area (Å²) in [6.45, 7) is 2.26. The van der Waals surface area contributed by atoms with Crippen molar-refractivity contribution in [3.05, 3.63) is 35.9 Å². The van der Waals surface area contributed by atoms with Crippen molar-refractivity contribution < 1.29 is 14.6 Å². The zero-order chi connectivity index (χ0) is 12.0. The lowest BCUT2D eigenvalue weighted by Crippen LogP contribution is -2.38. The summed E-state index contributed by atoms with van der Waals surface area (Å²) in [5, 5.41) is 10.9. The molecular formula is C11H14INO3. The quantitative estimate of drug-likeness (QED) is 0.642. The molecule has 0 heterocycles. The van der Waals surface area contributed by atoms with E-state index < -0.39 is 6.09 Å². The van der Waals surface area contributed by atoms with E-state index in [-0.39, 0.29) is 10.2 Å². The number of halogens is 1. The summed E-state index contributed by atoms with van der Waals surface area (Å²) in [6.07, 6.45) is -1.03. The molecule has 2 N–H and O–H groups in total. The van der Waals surface area contributed by atoms with Crippen LogP contribution >= 0.6 is 22.6 Å². The Kier molecular flexibility index (Phi) is 5.54. The summed E-state index contributed by atoms with van der Waals surface area (Å²) < 4.78 is 5.37. The van der Waals surface area contributed by atoms with Gasteiger partial charge in [0.25, 0.3) is 0 Å². The van der Waals surface area contributed by atoms with Crippen molar-refractivity contribution in [3.8, 4) is 0 Å². The van der Waals surface area contributed by atoms with Gasteiger partial charge in [-0.3, -0.25) is 0 Å². The fraction of sp³-hybridized carbons (Fsp3) is 0.364. The van der Waals surface area contributed by atoms with Crippen molar-refractivity contribution in [2.75, 3.05) is 0 Å². The number of alkyl halides is 1. The molecule has 4 nitrogen and oxygen atoms in total. The van der Waals surface area contributed by atoms with Crippen LogP contribution in [0.5, 0.6) is 0 Å². The molecule has 0 aliphatic carbocycles. The molecule has 1 aromatic rings. The van der Waals surface area contributed by atoms with E-state index in [4.69, 9.17) is 9.84 Å². The zero-order valence-electron chi connectivity index (χ0n) is 8.89. The SMILES string of the molecule is CC(NC(=O)O)C(I)OCc1ccccc1. The van der Waals surface area contributed by atoms with Crippen LogP contribution in [0.3, 0.4) is 0 Å². The maximum Gasteiger partial charge on any atom is 0.404 e. The average molecular weight is 335 g/mol. The maximum atomic E-state index is 10.4. The number of hydrogen-bond donors (Lipinski definition) is 2. The van der Waals surface area contributed by atoms with Crippen molar-refractivity contribution >= 4 is 28.7 Å². The Hall–Kier alpha value is -0.820. The van der Waals surface area contributed by atoms with Crippen LogP contribution in [0.25, 0.3) is 0 Å². The molecule has 0 aliphatic rings. The highest BCUT2D eigenvalue weighted by Gasteiger charge is 2.15. The second-order valence-corrected chi connectivity index (χ2v) is 4.61. The summed E-state index contributed by atoms with van der Waals surface area (Å²) in [5.74, 6) is 0. The second kappa shape index (κ2) is 6.70. The number of rotatable bonds is 5. The summed E-state index contributed by atoms with van der Waals surface area (Å²) in [6, 6.07) is 9.54. The van der Waals surface area contributed by atoms with Crippen LogP contribution in [0.1, 0.15) is 12.5 Å². The minimum absolute atomic E-state index is 0.186. The largest absolute Gasteiger partial charge is 0.465 e. The fourth-order valence-corrected chi connectivity index (χ4v) is 1.51. The summed E-state index contributed by atoms with van der Waals surface area (Å²) >= 11 is 2.08. The third-order valence-electron chi connectivity index (χ3n) is 2.00. The second-order valence-electron chi connectivity index (χ2n) is 3.39. The molecule has 2 unspecified atom stereocenters. The molecule has 0 spiro atoms. The monoisotopic (exact) mass is 335 g/mol. The van der Waals surface area contributed by atoms with Crippen molar-refractivity contribution in [2.45, 2.75) is 23.7 Å². The van der Waals surface area contributed by atoms with Gasteiger partial charge in [0.05, 0.1) is 12.6 Å². The first-order valence-corrected chi connectivity index (χ1v) is 6.13. The molecule has 0 aliphatic heterocycles. The number of nitrogens with one attached hydrogen (secondary N) is 1. The summed E-state index contributed by atoms with van der Waals surface area (Å²) in [5.41, 5.74) is 1.08. The Bertz CT molecular complexity index is 331. The van der Waals surface area contributed by atoms with Gasteiger partial charge < -0.3 is 15.2 Å². The molecule has 0 fully saturated rings. The van der Waals surface area contributed by atoms with E-state index in [9.17, 15) is 4.79 Å². The fourth-order valence-electron chi connectivity index (χ4n) is 1.15. The molecule has 5 heteroatoms. The Labute approximate surface area is 108 Å². The zero-order valence-corrected chi connectivity index (χ0v) is 11.0. The molecule has 88 valence electrons. The van der Waals surface area contributed by atoms with Crippen molar-refractivity contribution in [3.63, 3.8) is 0 Å². The molecular weight excluding hydrogens is 321 g/mol. The van der Waals surface area contributed by atoms with Crippen LogP contribution in [0.15, 0.2) is 30.3 Å². The Morgan fingerprint density at radius 2 is 2.12 bits per heavy atom. The van der Waals surface area contributed by atoms with E-state index in [2.05, 4.69) is 27.9 Å². The maximum absolute atomic E-state index is 10.4. The molecule has 0 saturated carbocycles. The number of carboxylic acid groups (broad SMARTS) is 1. The molecule has 1 amide bonds. The number of hydrogen-bond acceptors (Lipinski definition) is 2. The minimum atomic E-state index is -1.03. The van der Waals surface area contributed by atoms with Gasteiger partial charge >= 0.3 is 6.09 Å². The highest BCUT2D eigenvalue weighted by atomic mass is 127. The van der Waals surface area contributed by atoms with E-state index in [1.165, 1.54) is 0 Å². The van der Waals surface area contributed by atoms with E-state index in [1.807, 2.05) is 30.3 Å². The molecule has 0 bridgehead atoms. The predicted octanol–water partition coefficient (Wildman–Crippen LogP) is 2.62. The molecule has 1 rings (SSSR count). The van der Waals surface area contributed by atoms with E-state index in [1.54, 1.807) is 6.92 Å². The molecule has 0 radical (unpaired) electrons. The lowest BCUT2D eigenvalue weighted by atomic mass is 10.2. The molecule has 2 atom stereocenters. The standard InChI is InChI=1S/C11H14INO3/c1-8(13-11(14)15)10(12)16-7-9-5-3-2-4-6-9/h2-6,8,10,13H,7H2,1H3,(H,14,15). The van der Waals surface area contributed by atoms with Crippen LogP contribution in [0.4, 0.5) is 4.79 Å². The van der Waals surface area contributed by atoms with Gasteiger partial charge in [0.2, 0.25) is 0 Å². The normalized spacial score (nSPS) is 14.1. The van der Waals surface area contributed by atoms with Crippen LogP contribution in [-0.4, -0.2) is 21.4 Å². The summed E-state index contributed by atoms with van der Waals surface area (Å²) in [4.78, 5) is 10.4. The number of ether oxygens (including phenoxy) is 1. The molecule has 0 aromatic heterocycles. The van der Waals surface area contributed by atoms with Gasteiger partial charge in [-0.1, -0.05) is 30.3 Å². The van der Waals surface area contributed by atoms with Gasteiger partial charge in [0.15, 0.2) is 0 Å². The third kappa shape index (κ3) is 4.80. The smallest absolute Gasteiger partial charge is 0.404 e. The first-order chi connectivity index (χ1) is 7.59. The lowest BCUT2D eigenvalue weighted by Gasteiger charge is -2.18. The number of benzene rings is 1. The van der Waals surface area contributed by atoms with Gasteiger partial charge in [0, 0.05) is 0 Å². The van der Waals surface area contributed by atoms with Gasteiger partial charge in [-0.05, 0) is 35.1 Å². The summed E-state index contributed by atoms with van der Waals surface area (Å²) in [7, 11) is 0. The van der Waals surface area contributed by atoms with Crippen molar-refractivity contribution in [1.82, 2.24) is 5.32 Å². The minimum Gasteiger partial charge on any atom is -0.465 e. The predicted molar refractivity (Wildman–Crippen MR) is 69.7 cm³/mol. The highest BCUT2D eigenvalue weighted by Crippen LogP contribution is 2.11. The first-order valence-electron chi connectivity index (χ1n) is 4.88. The van der Waals surface area contributed by atoms with Crippen LogP contribution in [0.2, 0.25) is 0 Å². The third-order valence-corrected chi connectivity index (χ3v) is 3.43. The van der Waals surface area contributed by atoms with E-state index in [0.29, 0.717) is 6.61 Å². The Morgan fingerprint density at radius 1 is 1.50 bits per heavy atom.